The maximum atomic E-state index is 13.5. The summed E-state index contributed by atoms with van der Waals surface area (Å²) < 4.78 is 79.1. The van der Waals surface area contributed by atoms with Gasteiger partial charge in [0.1, 0.15) is 0 Å². The summed E-state index contributed by atoms with van der Waals surface area (Å²) in [6.07, 6.45) is -4.71. The Morgan fingerprint density at radius 3 is 2.23 bits per heavy atom. The van der Waals surface area contributed by atoms with E-state index in [0.29, 0.717) is 31.5 Å². The zero-order valence-electron chi connectivity index (χ0n) is 26.2. The first-order valence-corrected chi connectivity index (χ1v) is 16.0. The van der Waals surface area contributed by atoms with Crippen LogP contribution in [0.1, 0.15) is 44.9 Å². The minimum atomic E-state index is -4.69. The van der Waals surface area contributed by atoms with Crippen LogP contribution in [0.3, 0.4) is 0 Å². The van der Waals surface area contributed by atoms with Gasteiger partial charge in [0.05, 0.1) is 28.3 Å². The van der Waals surface area contributed by atoms with Gasteiger partial charge in [0, 0.05) is 23.9 Å². The molecule has 4 rings (SSSR count). The van der Waals surface area contributed by atoms with Crippen molar-refractivity contribution >= 4 is 22.1 Å². The fraction of sp³-hybridized carbons (Fsp3) is 0.433. The van der Waals surface area contributed by atoms with Crippen molar-refractivity contribution in [2.75, 3.05) is 26.5 Å². The summed E-state index contributed by atoms with van der Waals surface area (Å²) in [5.41, 5.74) is -0.0182. The highest BCUT2D eigenvalue weighted by molar-refractivity contribution is 7.90. The molecule has 1 N–H and O–H groups in total. The van der Waals surface area contributed by atoms with Crippen molar-refractivity contribution in [2.45, 2.75) is 51.6 Å². The van der Waals surface area contributed by atoms with E-state index >= 15 is 0 Å². The number of hydrogen-bond acceptors (Lipinski definition) is 10. The summed E-state index contributed by atoms with van der Waals surface area (Å²) >= 11 is 0. The second-order valence-corrected chi connectivity index (χ2v) is 13.6. The molecule has 1 aromatic heterocycles. The Morgan fingerprint density at radius 2 is 1.64 bits per heavy atom. The Balaban J connectivity index is 1.28. The third-order valence-corrected chi connectivity index (χ3v) is 8.40. The third-order valence-electron chi connectivity index (χ3n) is 7.07. The molecule has 0 spiro atoms. The highest BCUT2D eigenvalue weighted by Crippen LogP contribution is 2.33. The average molecular weight is 681 g/mol. The summed E-state index contributed by atoms with van der Waals surface area (Å²) in [7, 11) is -4.35. The molecule has 1 fully saturated rings. The zero-order valence-corrected chi connectivity index (χ0v) is 27.0. The van der Waals surface area contributed by atoms with Crippen LogP contribution in [-0.4, -0.2) is 61.8 Å². The molecule has 47 heavy (non-hydrogen) atoms. The molecule has 0 radical (unpaired) electrons. The van der Waals surface area contributed by atoms with Gasteiger partial charge in [0.15, 0.2) is 5.69 Å². The van der Waals surface area contributed by atoms with Gasteiger partial charge in [-0.3, -0.25) is 9.80 Å². The number of piperidine rings is 1. The molecule has 3 aromatic rings. The van der Waals surface area contributed by atoms with Gasteiger partial charge in [0.25, 0.3) is 16.8 Å². The molecule has 254 valence electrons. The summed E-state index contributed by atoms with van der Waals surface area (Å²) in [6, 6.07) is 12.7. The number of sulfonamides is 1. The van der Waals surface area contributed by atoms with Crippen LogP contribution in [0.15, 0.2) is 70.0 Å². The molecule has 0 saturated carbocycles. The molecular weight excluding hydrogens is 645 g/mol. The van der Waals surface area contributed by atoms with Gasteiger partial charge >= 0.3 is 18.2 Å². The first-order chi connectivity index (χ1) is 22.0. The Kier molecular flexibility index (Phi) is 10.8. The van der Waals surface area contributed by atoms with Crippen molar-refractivity contribution in [2.24, 2.45) is 21.8 Å². The highest BCUT2D eigenvalue weighted by atomic mass is 32.2. The largest absolute Gasteiger partial charge is 0.449 e. The molecule has 0 aliphatic carbocycles. The van der Waals surface area contributed by atoms with Crippen LogP contribution in [-0.2, 0) is 35.3 Å². The molecule has 0 unspecified atom stereocenters. The van der Waals surface area contributed by atoms with E-state index < -0.39 is 39.4 Å². The summed E-state index contributed by atoms with van der Waals surface area (Å²) in [5, 5.41) is 12.8. The predicted octanol–water partition coefficient (Wildman–Crippen LogP) is 5.84. The summed E-state index contributed by atoms with van der Waals surface area (Å²) in [4.78, 5) is 28.6. The number of alkyl halides is 3. The molecule has 13 nitrogen and oxygen atoms in total. The van der Waals surface area contributed by atoms with E-state index in [9.17, 15) is 31.2 Å². The lowest BCUT2D eigenvalue weighted by molar-refractivity contribution is -0.167. The Morgan fingerprint density at radius 1 is 1.00 bits per heavy atom. The van der Waals surface area contributed by atoms with Gasteiger partial charge in [-0.15, -0.1) is 0 Å². The molecule has 0 atom stereocenters. The lowest BCUT2D eigenvalue weighted by atomic mass is 9.98. The second-order valence-electron chi connectivity index (χ2n) is 11.9. The van der Waals surface area contributed by atoms with Crippen LogP contribution in [0.4, 0.5) is 18.0 Å². The van der Waals surface area contributed by atoms with Gasteiger partial charge in [-0.1, -0.05) is 29.8 Å². The molecular formula is C30H35F3N6O7S. The van der Waals surface area contributed by atoms with Crippen molar-refractivity contribution in [1.82, 2.24) is 19.5 Å². The number of benzene rings is 2. The standard InChI is InChI=1S/C30H35F3N6O7S/c1-20-5-7-22(8-6-20)25-17-26(30(31,32)33)34-39(25)23-9-11-24(12-10-23)47(42,43)35-28(41)44-18-21-13-15-38(16-14-21)36-37-46-19-45-27(40)29(2,3)4/h5-12,17,21H,13-16,18-19H2,1-4H3,(H,35,41). The Hall–Kier alpha value is -4.67. The molecule has 0 bridgehead atoms. The maximum absolute atomic E-state index is 13.5. The van der Waals surface area contributed by atoms with E-state index in [4.69, 9.17) is 14.3 Å². The number of aromatic nitrogens is 2. The molecule has 1 amide bonds. The van der Waals surface area contributed by atoms with Gasteiger partial charge < -0.3 is 14.3 Å². The van der Waals surface area contributed by atoms with Crippen molar-refractivity contribution in [3.63, 3.8) is 0 Å². The normalized spacial score (nSPS) is 14.7. The van der Waals surface area contributed by atoms with Crippen LogP contribution in [0.2, 0.25) is 0 Å². The Labute approximate surface area is 269 Å². The molecule has 1 saturated heterocycles. The number of nitrogens with zero attached hydrogens (tertiary/aromatic N) is 5. The van der Waals surface area contributed by atoms with Crippen LogP contribution in [0.25, 0.3) is 16.9 Å². The monoisotopic (exact) mass is 680 g/mol. The predicted molar refractivity (Wildman–Crippen MR) is 161 cm³/mol. The van der Waals surface area contributed by atoms with Crippen LogP contribution in [0.5, 0.6) is 0 Å². The highest BCUT2D eigenvalue weighted by Gasteiger charge is 2.35. The Bertz CT molecular complexity index is 1680. The average Bonchev–Trinajstić information content (AvgIpc) is 3.47. The first-order valence-electron chi connectivity index (χ1n) is 14.5. The number of carbonyl (C=O) groups excluding carboxylic acids is 2. The van der Waals surface area contributed by atoms with E-state index in [1.54, 1.807) is 50.0 Å². The maximum Gasteiger partial charge on any atom is 0.435 e. The molecule has 1 aliphatic heterocycles. The summed E-state index contributed by atoms with van der Waals surface area (Å²) in [6.45, 7) is 7.52. The van der Waals surface area contributed by atoms with Crippen molar-refractivity contribution in [3.05, 3.63) is 65.9 Å². The van der Waals surface area contributed by atoms with Crippen molar-refractivity contribution in [3.8, 4) is 16.9 Å². The molecule has 1 aliphatic rings. The zero-order chi connectivity index (χ0) is 34.4. The fourth-order valence-electron chi connectivity index (χ4n) is 4.38. The van der Waals surface area contributed by atoms with E-state index in [-0.39, 0.29) is 35.6 Å². The first kappa shape index (κ1) is 35.2. The van der Waals surface area contributed by atoms with E-state index in [0.717, 1.165) is 28.4 Å². The molecule has 2 heterocycles. The number of nitrogens with one attached hydrogen (secondary N) is 1. The smallest absolute Gasteiger partial charge is 0.435 e. The van der Waals surface area contributed by atoms with Crippen molar-refractivity contribution < 1.29 is 45.5 Å². The number of halogens is 3. The van der Waals surface area contributed by atoms with Gasteiger partial charge in [-0.2, -0.15) is 18.3 Å². The number of amides is 1. The van der Waals surface area contributed by atoms with Gasteiger partial charge in [-0.05, 0) is 82.0 Å². The number of esters is 1. The number of ether oxygens (including phenoxy) is 2. The number of carbonyl (C=O) groups is 2. The van der Waals surface area contributed by atoms with Crippen LogP contribution < -0.4 is 4.72 Å². The molecule has 17 heteroatoms. The number of rotatable bonds is 10. The minimum absolute atomic E-state index is 0.0346. The van der Waals surface area contributed by atoms with Crippen LogP contribution in [0, 0.1) is 18.3 Å². The lowest BCUT2D eigenvalue weighted by Gasteiger charge is -2.28. The van der Waals surface area contributed by atoms with Gasteiger partial charge in [-0.25, -0.2) is 22.6 Å². The van der Waals surface area contributed by atoms with E-state index in [1.807, 2.05) is 11.6 Å². The lowest BCUT2D eigenvalue weighted by Crippen LogP contribution is -2.35. The van der Waals surface area contributed by atoms with Crippen molar-refractivity contribution in [1.29, 1.82) is 0 Å². The van der Waals surface area contributed by atoms with Crippen LogP contribution >= 0.6 is 0 Å². The number of aryl methyl sites for hydroxylation is 1. The topological polar surface area (TPSA) is 154 Å². The second kappa shape index (κ2) is 14.4. The van der Waals surface area contributed by atoms with E-state index in [2.05, 4.69) is 15.6 Å². The number of hydrogen-bond donors (Lipinski definition) is 1. The molecule has 2 aromatic carbocycles. The fourth-order valence-corrected chi connectivity index (χ4v) is 5.27. The van der Waals surface area contributed by atoms with E-state index in [1.165, 1.54) is 12.1 Å². The minimum Gasteiger partial charge on any atom is -0.449 e. The SMILES string of the molecule is Cc1ccc(-c2cc(C(F)(F)F)nn2-c2ccc(S(=O)(=O)NC(=O)OCC3CCN(N=NOCOC(=O)C(C)(C)C)CC3)cc2)cc1. The third kappa shape index (κ3) is 9.67. The van der Waals surface area contributed by atoms with Gasteiger partial charge in [0.2, 0.25) is 0 Å². The summed E-state index contributed by atoms with van der Waals surface area (Å²) in [5.74, 6) is -0.492. The quantitative estimate of drug-likeness (QED) is 0.0915.